The van der Waals surface area contributed by atoms with Crippen LogP contribution in [0.15, 0.2) is 47.4 Å². The second-order valence-electron chi connectivity index (χ2n) is 5.52. The van der Waals surface area contributed by atoms with E-state index in [2.05, 4.69) is 4.72 Å². The molecule has 0 bridgehead atoms. The lowest BCUT2D eigenvalue weighted by molar-refractivity contribution is -0.906. The molecule has 2 aromatic rings. The molecule has 0 radical (unpaired) electrons. The Balaban J connectivity index is 1.65. The maximum Gasteiger partial charge on any atom is 0.240 e. The Morgan fingerprint density at radius 3 is 2.55 bits per heavy atom. The molecule has 0 spiro atoms. The van der Waals surface area contributed by atoms with Gasteiger partial charge in [0.2, 0.25) is 10.0 Å². The largest absolute Gasteiger partial charge is 0.370 e. The number of hydrogen-bond acceptors (Lipinski definition) is 3. The predicted molar refractivity (Wildman–Crippen MR) is 85.5 cm³/mol. The third-order valence-corrected chi connectivity index (χ3v) is 5.46. The first kappa shape index (κ1) is 15.4. The first-order valence-electron chi connectivity index (χ1n) is 7.55. The number of ether oxygens (including phenoxy) is 1. The van der Waals surface area contributed by atoms with Gasteiger partial charge in [-0.05, 0) is 22.9 Å². The summed E-state index contributed by atoms with van der Waals surface area (Å²) in [6, 6.07) is 13.0. The molecule has 1 fully saturated rings. The minimum Gasteiger partial charge on any atom is -0.370 e. The zero-order chi connectivity index (χ0) is 15.4. The van der Waals surface area contributed by atoms with E-state index < -0.39 is 10.0 Å². The summed E-state index contributed by atoms with van der Waals surface area (Å²) in [5.74, 6) is 0. The predicted octanol–water partition coefficient (Wildman–Crippen LogP) is 0.0332. The highest BCUT2D eigenvalue weighted by Gasteiger charge is 2.17. The molecule has 0 unspecified atom stereocenters. The van der Waals surface area contributed by atoms with E-state index in [1.807, 2.05) is 30.3 Å². The fourth-order valence-corrected chi connectivity index (χ4v) is 3.76. The average molecular weight is 321 g/mol. The van der Waals surface area contributed by atoms with E-state index in [1.54, 1.807) is 12.1 Å². The Hall–Kier alpha value is -1.47. The molecule has 2 aromatic carbocycles. The molecule has 6 heteroatoms. The van der Waals surface area contributed by atoms with Gasteiger partial charge in [0.1, 0.15) is 13.1 Å². The lowest BCUT2D eigenvalue weighted by Crippen LogP contribution is -3.14. The van der Waals surface area contributed by atoms with Crippen LogP contribution in [-0.4, -0.2) is 47.8 Å². The normalized spacial score (nSPS) is 16.9. The Morgan fingerprint density at radius 2 is 1.77 bits per heavy atom. The van der Waals surface area contributed by atoms with Crippen molar-refractivity contribution in [2.75, 3.05) is 39.4 Å². The maximum atomic E-state index is 12.4. The van der Waals surface area contributed by atoms with E-state index in [9.17, 15) is 8.42 Å². The standard InChI is InChI=1S/C16H20N2O3S/c19-22(20,17-7-8-18-9-11-21-12-10-18)16-6-5-14-3-1-2-4-15(14)13-16/h1-6,13,17H,7-12H2/p+1. The van der Waals surface area contributed by atoms with E-state index in [-0.39, 0.29) is 0 Å². The van der Waals surface area contributed by atoms with Gasteiger partial charge in [0, 0.05) is 0 Å². The molecular formula is C16H21N2O3S+. The summed E-state index contributed by atoms with van der Waals surface area (Å²) in [7, 11) is -3.45. The second kappa shape index (κ2) is 6.75. The van der Waals surface area contributed by atoms with E-state index in [1.165, 1.54) is 4.90 Å². The van der Waals surface area contributed by atoms with Gasteiger partial charge in [0.05, 0.1) is 31.2 Å². The number of morpholine rings is 1. The average Bonchev–Trinajstić information content (AvgIpc) is 2.55. The van der Waals surface area contributed by atoms with Gasteiger partial charge in [-0.15, -0.1) is 0 Å². The summed E-state index contributed by atoms with van der Waals surface area (Å²) in [6.07, 6.45) is 0. The lowest BCUT2D eigenvalue weighted by Gasteiger charge is -2.23. The van der Waals surface area contributed by atoms with Gasteiger partial charge >= 0.3 is 0 Å². The molecule has 0 atom stereocenters. The van der Waals surface area contributed by atoms with E-state index >= 15 is 0 Å². The van der Waals surface area contributed by atoms with Crippen LogP contribution < -0.4 is 9.62 Å². The molecule has 0 amide bonds. The van der Waals surface area contributed by atoms with Crippen molar-refractivity contribution in [3.8, 4) is 0 Å². The minimum atomic E-state index is -3.45. The molecule has 2 N–H and O–H groups in total. The highest BCUT2D eigenvalue weighted by molar-refractivity contribution is 7.89. The number of nitrogens with one attached hydrogen (secondary N) is 2. The van der Waals surface area contributed by atoms with Crippen LogP contribution in [0, 0.1) is 0 Å². The SMILES string of the molecule is O=S(=O)(NCC[NH+]1CCOCC1)c1ccc2ccccc2c1. The summed E-state index contributed by atoms with van der Waals surface area (Å²) in [5, 5.41) is 1.98. The van der Waals surface area contributed by atoms with Crippen LogP contribution in [0.25, 0.3) is 10.8 Å². The van der Waals surface area contributed by atoms with E-state index in [0.29, 0.717) is 11.4 Å². The molecule has 0 saturated carbocycles. The lowest BCUT2D eigenvalue weighted by atomic mass is 10.1. The molecule has 1 aliphatic rings. The zero-order valence-corrected chi connectivity index (χ0v) is 13.2. The van der Waals surface area contributed by atoms with Crippen molar-refractivity contribution in [1.82, 2.24) is 4.72 Å². The monoisotopic (exact) mass is 321 g/mol. The summed E-state index contributed by atoms with van der Waals surface area (Å²) >= 11 is 0. The van der Waals surface area contributed by atoms with Gasteiger partial charge in [-0.25, -0.2) is 13.1 Å². The third kappa shape index (κ3) is 3.64. The van der Waals surface area contributed by atoms with Gasteiger partial charge in [0.15, 0.2) is 0 Å². The highest BCUT2D eigenvalue weighted by atomic mass is 32.2. The smallest absolute Gasteiger partial charge is 0.240 e. The van der Waals surface area contributed by atoms with Gasteiger partial charge in [-0.1, -0.05) is 30.3 Å². The zero-order valence-electron chi connectivity index (χ0n) is 12.4. The van der Waals surface area contributed by atoms with Crippen LogP contribution in [0.1, 0.15) is 0 Å². The third-order valence-electron chi connectivity index (χ3n) is 4.00. The van der Waals surface area contributed by atoms with E-state index in [4.69, 9.17) is 4.74 Å². The number of quaternary nitrogens is 1. The summed E-state index contributed by atoms with van der Waals surface area (Å²) in [6.45, 7) is 4.63. The summed E-state index contributed by atoms with van der Waals surface area (Å²) < 4.78 is 32.7. The van der Waals surface area contributed by atoms with E-state index in [0.717, 1.165) is 43.6 Å². The molecule has 118 valence electrons. The first-order chi connectivity index (χ1) is 10.6. The summed E-state index contributed by atoms with van der Waals surface area (Å²) in [5.41, 5.74) is 0. The number of fused-ring (bicyclic) bond motifs is 1. The molecule has 0 aromatic heterocycles. The molecule has 1 aliphatic heterocycles. The van der Waals surface area contributed by atoms with Crippen molar-refractivity contribution in [1.29, 1.82) is 0 Å². The van der Waals surface area contributed by atoms with Crippen molar-refractivity contribution >= 4 is 20.8 Å². The topological polar surface area (TPSA) is 59.8 Å². The van der Waals surface area contributed by atoms with Crippen molar-refractivity contribution in [2.45, 2.75) is 4.90 Å². The molecule has 22 heavy (non-hydrogen) atoms. The minimum absolute atomic E-state index is 0.322. The van der Waals surface area contributed by atoms with Crippen molar-refractivity contribution < 1.29 is 18.1 Å². The Labute approximate surface area is 130 Å². The molecule has 1 saturated heterocycles. The fraction of sp³-hybridized carbons (Fsp3) is 0.375. The molecular weight excluding hydrogens is 300 g/mol. The van der Waals surface area contributed by atoms with Gasteiger partial charge in [0.25, 0.3) is 0 Å². The number of benzene rings is 2. The molecule has 5 nitrogen and oxygen atoms in total. The number of hydrogen-bond donors (Lipinski definition) is 2. The number of sulfonamides is 1. The van der Waals surface area contributed by atoms with Crippen molar-refractivity contribution in [2.24, 2.45) is 0 Å². The van der Waals surface area contributed by atoms with Gasteiger partial charge < -0.3 is 9.64 Å². The van der Waals surface area contributed by atoms with Crippen molar-refractivity contribution in [3.63, 3.8) is 0 Å². The Bertz CT molecular complexity index is 740. The van der Waals surface area contributed by atoms with Crippen LogP contribution in [0.5, 0.6) is 0 Å². The van der Waals surface area contributed by atoms with Crippen LogP contribution >= 0.6 is 0 Å². The van der Waals surface area contributed by atoms with Crippen LogP contribution in [0.3, 0.4) is 0 Å². The quantitative estimate of drug-likeness (QED) is 0.817. The first-order valence-corrected chi connectivity index (χ1v) is 9.03. The van der Waals surface area contributed by atoms with Gasteiger partial charge in [-0.2, -0.15) is 0 Å². The van der Waals surface area contributed by atoms with Crippen molar-refractivity contribution in [3.05, 3.63) is 42.5 Å². The number of rotatable bonds is 5. The molecule has 3 rings (SSSR count). The maximum absolute atomic E-state index is 12.4. The van der Waals surface area contributed by atoms with Crippen LogP contribution in [0.2, 0.25) is 0 Å². The Morgan fingerprint density at radius 1 is 1.05 bits per heavy atom. The van der Waals surface area contributed by atoms with Gasteiger partial charge in [-0.3, -0.25) is 0 Å². The highest BCUT2D eigenvalue weighted by Crippen LogP contribution is 2.18. The Kier molecular flexibility index (Phi) is 4.73. The molecule has 1 heterocycles. The second-order valence-corrected chi connectivity index (χ2v) is 7.29. The van der Waals surface area contributed by atoms with Crippen LogP contribution in [0.4, 0.5) is 0 Å². The summed E-state index contributed by atoms with van der Waals surface area (Å²) in [4.78, 5) is 1.70. The molecule has 0 aliphatic carbocycles. The van der Waals surface area contributed by atoms with Crippen LogP contribution in [-0.2, 0) is 14.8 Å². The fourth-order valence-electron chi connectivity index (χ4n) is 2.69.